The van der Waals surface area contributed by atoms with E-state index in [2.05, 4.69) is 20.4 Å². The Morgan fingerprint density at radius 3 is 2.86 bits per heavy atom. The molecule has 1 aromatic heterocycles. The van der Waals surface area contributed by atoms with Gasteiger partial charge in [0, 0.05) is 25.3 Å². The number of anilines is 1. The van der Waals surface area contributed by atoms with E-state index in [-0.39, 0.29) is 36.5 Å². The molecular formula is C13H18IN5O2. The summed E-state index contributed by atoms with van der Waals surface area (Å²) in [5.74, 6) is 1.29. The van der Waals surface area contributed by atoms with Crippen molar-refractivity contribution in [3.63, 3.8) is 0 Å². The SMILES string of the molecule is COCc1ccccc1NC(N)=NCc1noc(C)n1.I. The Balaban J connectivity index is 0.00000220. The summed E-state index contributed by atoms with van der Waals surface area (Å²) in [4.78, 5) is 8.21. The first-order valence-corrected chi connectivity index (χ1v) is 6.12. The Bertz CT molecular complexity index is 600. The Hall–Kier alpha value is -1.68. The first-order chi connectivity index (χ1) is 9.69. The first kappa shape index (κ1) is 17.4. The number of benzene rings is 1. The highest BCUT2D eigenvalue weighted by molar-refractivity contribution is 14.0. The van der Waals surface area contributed by atoms with E-state index in [1.165, 1.54) is 0 Å². The van der Waals surface area contributed by atoms with E-state index in [9.17, 15) is 0 Å². The van der Waals surface area contributed by atoms with E-state index in [1.54, 1.807) is 14.0 Å². The Morgan fingerprint density at radius 1 is 1.43 bits per heavy atom. The van der Waals surface area contributed by atoms with Gasteiger partial charge in [0.2, 0.25) is 5.89 Å². The number of nitrogens with one attached hydrogen (secondary N) is 1. The minimum atomic E-state index is 0. The molecule has 2 rings (SSSR count). The number of rotatable bonds is 5. The van der Waals surface area contributed by atoms with Gasteiger partial charge in [-0.3, -0.25) is 0 Å². The zero-order valence-corrected chi connectivity index (χ0v) is 14.2. The second-order valence-electron chi connectivity index (χ2n) is 4.15. The lowest BCUT2D eigenvalue weighted by Crippen LogP contribution is -2.23. The smallest absolute Gasteiger partial charge is 0.223 e. The first-order valence-electron chi connectivity index (χ1n) is 6.12. The molecule has 0 fully saturated rings. The average molecular weight is 403 g/mol. The van der Waals surface area contributed by atoms with Crippen LogP contribution in [0.2, 0.25) is 0 Å². The van der Waals surface area contributed by atoms with Crippen molar-refractivity contribution in [3.8, 4) is 0 Å². The predicted octanol–water partition coefficient (Wildman–Crippen LogP) is 2.07. The van der Waals surface area contributed by atoms with E-state index in [0.29, 0.717) is 18.3 Å². The standard InChI is InChI=1S/C13H17N5O2.HI/c1-9-16-12(18-20-9)7-15-13(14)17-11-6-4-3-5-10(11)8-19-2;/h3-6H,7-8H2,1-2H3,(H3,14,15,17);1H. The van der Waals surface area contributed by atoms with E-state index in [1.807, 2.05) is 24.3 Å². The highest BCUT2D eigenvalue weighted by Crippen LogP contribution is 2.15. The molecule has 0 amide bonds. The van der Waals surface area contributed by atoms with Crippen LogP contribution in [0.3, 0.4) is 0 Å². The number of methoxy groups -OCH3 is 1. The molecule has 0 atom stereocenters. The van der Waals surface area contributed by atoms with Gasteiger partial charge in [0.25, 0.3) is 0 Å². The highest BCUT2D eigenvalue weighted by atomic mass is 127. The summed E-state index contributed by atoms with van der Waals surface area (Å²) >= 11 is 0. The van der Waals surface area contributed by atoms with E-state index in [0.717, 1.165) is 11.3 Å². The van der Waals surface area contributed by atoms with Gasteiger partial charge >= 0.3 is 0 Å². The van der Waals surface area contributed by atoms with Gasteiger partial charge in [-0.05, 0) is 6.07 Å². The van der Waals surface area contributed by atoms with Crippen molar-refractivity contribution in [2.45, 2.75) is 20.1 Å². The lowest BCUT2D eigenvalue weighted by atomic mass is 10.2. The largest absolute Gasteiger partial charge is 0.380 e. The molecule has 0 aliphatic carbocycles. The molecule has 0 aliphatic rings. The van der Waals surface area contributed by atoms with Crippen molar-refractivity contribution < 1.29 is 9.26 Å². The molecule has 0 spiro atoms. The van der Waals surface area contributed by atoms with Gasteiger partial charge in [-0.1, -0.05) is 23.4 Å². The van der Waals surface area contributed by atoms with Crippen LogP contribution in [0.25, 0.3) is 0 Å². The Kier molecular flexibility index (Phi) is 7.09. The Morgan fingerprint density at radius 2 is 2.19 bits per heavy atom. The molecule has 2 aromatic rings. The van der Waals surface area contributed by atoms with Crippen molar-refractivity contribution in [1.29, 1.82) is 0 Å². The van der Waals surface area contributed by atoms with Crippen molar-refractivity contribution in [3.05, 3.63) is 41.5 Å². The van der Waals surface area contributed by atoms with Crippen LogP contribution >= 0.6 is 24.0 Å². The van der Waals surface area contributed by atoms with Crippen LogP contribution in [-0.4, -0.2) is 23.2 Å². The molecule has 0 aliphatic heterocycles. The fraction of sp³-hybridized carbons (Fsp3) is 0.308. The molecule has 21 heavy (non-hydrogen) atoms. The average Bonchev–Trinajstić information content (AvgIpc) is 2.85. The number of halogens is 1. The molecule has 1 heterocycles. The van der Waals surface area contributed by atoms with E-state index < -0.39 is 0 Å². The number of para-hydroxylation sites is 1. The maximum absolute atomic E-state index is 5.84. The summed E-state index contributed by atoms with van der Waals surface area (Å²) in [5.41, 5.74) is 7.70. The maximum Gasteiger partial charge on any atom is 0.223 e. The van der Waals surface area contributed by atoms with Crippen molar-refractivity contribution in [2.24, 2.45) is 10.7 Å². The van der Waals surface area contributed by atoms with Crippen LogP contribution in [0.15, 0.2) is 33.8 Å². The van der Waals surface area contributed by atoms with Crippen LogP contribution in [0.4, 0.5) is 5.69 Å². The van der Waals surface area contributed by atoms with E-state index >= 15 is 0 Å². The third-order valence-corrected chi connectivity index (χ3v) is 2.54. The van der Waals surface area contributed by atoms with Crippen LogP contribution in [0.5, 0.6) is 0 Å². The van der Waals surface area contributed by atoms with Gasteiger partial charge in [0.1, 0.15) is 6.54 Å². The molecule has 0 saturated carbocycles. The lowest BCUT2D eigenvalue weighted by molar-refractivity contribution is 0.185. The maximum atomic E-state index is 5.84. The van der Waals surface area contributed by atoms with Crippen molar-refractivity contribution in [2.75, 3.05) is 12.4 Å². The fourth-order valence-electron chi connectivity index (χ4n) is 1.66. The quantitative estimate of drug-likeness (QED) is 0.451. The van der Waals surface area contributed by atoms with Gasteiger partial charge in [-0.2, -0.15) is 4.98 Å². The predicted molar refractivity (Wildman–Crippen MR) is 90.6 cm³/mol. The number of nitrogens with zero attached hydrogens (tertiary/aromatic N) is 3. The Labute approximate surface area is 140 Å². The van der Waals surface area contributed by atoms with Crippen LogP contribution in [0, 0.1) is 6.92 Å². The summed E-state index contributed by atoms with van der Waals surface area (Å²) < 4.78 is 9.99. The number of hydrogen-bond acceptors (Lipinski definition) is 5. The van der Waals surface area contributed by atoms with Crippen LogP contribution in [0.1, 0.15) is 17.3 Å². The minimum Gasteiger partial charge on any atom is -0.380 e. The molecule has 0 bridgehead atoms. The molecule has 7 nitrogen and oxygen atoms in total. The van der Waals surface area contributed by atoms with Gasteiger partial charge in [-0.25, -0.2) is 4.99 Å². The monoisotopic (exact) mass is 403 g/mol. The van der Waals surface area contributed by atoms with Gasteiger partial charge in [0.05, 0.1) is 6.61 Å². The third-order valence-electron chi connectivity index (χ3n) is 2.54. The molecule has 1 aromatic carbocycles. The fourth-order valence-corrected chi connectivity index (χ4v) is 1.66. The topological polar surface area (TPSA) is 98.6 Å². The van der Waals surface area contributed by atoms with Crippen LogP contribution in [-0.2, 0) is 17.9 Å². The number of ether oxygens (including phenoxy) is 1. The lowest BCUT2D eigenvalue weighted by Gasteiger charge is -2.10. The second kappa shape index (κ2) is 8.57. The van der Waals surface area contributed by atoms with Crippen LogP contribution < -0.4 is 11.1 Å². The van der Waals surface area contributed by atoms with Gasteiger partial charge in [-0.15, -0.1) is 24.0 Å². The summed E-state index contributed by atoms with van der Waals surface area (Å²) in [6, 6.07) is 7.73. The zero-order chi connectivity index (χ0) is 14.4. The van der Waals surface area contributed by atoms with Crippen molar-refractivity contribution >= 4 is 35.6 Å². The molecule has 3 N–H and O–H groups in total. The molecular weight excluding hydrogens is 385 g/mol. The summed E-state index contributed by atoms with van der Waals surface area (Å²) in [6.45, 7) is 2.49. The number of aliphatic imine (C=N–C) groups is 1. The number of hydrogen-bond donors (Lipinski definition) is 2. The number of nitrogens with two attached hydrogens (primary N) is 1. The van der Waals surface area contributed by atoms with Gasteiger partial charge in [0.15, 0.2) is 11.8 Å². The number of guanidine groups is 1. The van der Waals surface area contributed by atoms with Gasteiger partial charge < -0.3 is 20.3 Å². The number of aryl methyl sites for hydroxylation is 1. The van der Waals surface area contributed by atoms with Crippen molar-refractivity contribution in [1.82, 2.24) is 10.1 Å². The third kappa shape index (κ3) is 5.31. The molecule has 114 valence electrons. The number of aromatic nitrogens is 2. The molecule has 0 saturated heterocycles. The normalized spacial score (nSPS) is 11.0. The zero-order valence-electron chi connectivity index (χ0n) is 11.9. The summed E-state index contributed by atoms with van der Waals surface area (Å²) in [6.07, 6.45) is 0. The summed E-state index contributed by atoms with van der Waals surface area (Å²) in [5, 5.41) is 6.78. The summed E-state index contributed by atoms with van der Waals surface area (Å²) in [7, 11) is 1.65. The second-order valence-corrected chi connectivity index (χ2v) is 4.15. The molecule has 0 unspecified atom stereocenters. The molecule has 0 radical (unpaired) electrons. The highest BCUT2D eigenvalue weighted by Gasteiger charge is 2.04. The van der Waals surface area contributed by atoms with E-state index in [4.69, 9.17) is 15.0 Å². The molecule has 8 heteroatoms. The minimum absolute atomic E-state index is 0.